The number of nitrogens with two attached hydrogens (primary N) is 1. The third-order valence-corrected chi connectivity index (χ3v) is 6.23. The zero-order valence-electron chi connectivity index (χ0n) is 21.5. The highest BCUT2D eigenvalue weighted by molar-refractivity contribution is 5.94. The van der Waals surface area contributed by atoms with Crippen molar-refractivity contribution in [1.29, 1.82) is 0 Å². The summed E-state index contributed by atoms with van der Waals surface area (Å²) in [6.07, 6.45) is 0.567. The van der Waals surface area contributed by atoms with Crippen LogP contribution in [0.2, 0.25) is 0 Å². The molecule has 5 atom stereocenters. The number of phenolic OH excluding ortho intramolecular Hbond substituents is 1. The van der Waals surface area contributed by atoms with Crippen molar-refractivity contribution in [2.75, 3.05) is 6.61 Å². The highest BCUT2D eigenvalue weighted by atomic mass is 16.4. The SMILES string of the molecule is CCC(C)C(NC(=O)C(Cc1ccc(O)cc1)NC(=O)C(N)CO)C(=O)NC(Cc1ccccc1)C(=O)O. The standard InChI is InChI=1S/C27H36N4O7/c1-3-16(2)23(26(36)30-22(27(37)38)14-17-7-5-4-6-8-17)31-25(35)21(29-24(34)20(28)15-32)13-18-9-11-19(33)12-10-18/h4-12,16,20-23,32-33H,3,13-15,28H2,1-2H3,(H,29,34)(H,30,36)(H,31,35)(H,37,38). The Bertz CT molecular complexity index is 1080. The first-order chi connectivity index (χ1) is 18.0. The Morgan fingerprint density at radius 3 is 1.92 bits per heavy atom. The average Bonchev–Trinajstić information content (AvgIpc) is 2.91. The number of aliphatic hydroxyl groups is 1. The van der Waals surface area contributed by atoms with Crippen molar-refractivity contribution in [3.05, 3.63) is 65.7 Å². The van der Waals surface area contributed by atoms with Gasteiger partial charge in [0.25, 0.3) is 0 Å². The average molecular weight is 529 g/mol. The molecule has 0 saturated carbocycles. The van der Waals surface area contributed by atoms with Gasteiger partial charge in [-0.05, 0) is 29.2 Å². The number of amides is 3. The first-order valence-electron chi connectivity index (χ1n) is 12.4. The molecule has 0 aliphatic heterocycles. The molecular formula is C27H36N4O7. The van der Waals surface area contributed by atoms with Gasteiger partial charge in [0.05, 0.1) is 6.61 Å². The van der Waals surface area contributed by atoms with Crippen LogP contribution in [0.15, 0.2) is 54.6 Å². The number of benzene rings is 2. The zero-order chi connectivity index (χ0) is 28.2. The van der Waals surface area contributed by atoms with Gasteiger partial charge in [0.1, 0.15) is 29.9 Å². The van der Waals surface area contributed by atoms with E-state index >= 15 is 0 Å². The summed E-state index contributed by atoms with van der Waals surface area (Å²) in [6, 6.07) is 10.1. The van der Waals surface area contributed by atoms with Crippen LogP contribution in [0, 0.1) is 5.92 Å². The van der Waals surface area contributed by atoms with Crippen LogP contribution in [-0.2, 0) is 32.0 Å². The number of carboxylic acid groups (broad SMARTS) is 1. The maximum Gasteiger partial charge on any atom is 0.326 e. The lowest BCUT2D eigenvalue weighted by Crippen LogP contribution is -2.59. The van der Waals surface area contributed by atoms with Crippen LogP contribution in [-0.4, -0.2) is 69.8 Å². The van der Waals surface area contributed by atoms with Crippen molar-refractivity contribution in [3.63, 3.8) is 0 Å². The highest BCUT2D eigenvalue weighted by Crippen LogP contribution is 2.14. The van der Waals surface area contributed by atoms with E-state index < -0.39 is 54.5 Å². The van der Waals surface area contributed by atoms with Crippen LogP contribution in [0.4, 0.5) is 0 Å². The molecular weight excluding hydrogens is 492 g/mol. The molecule has 0 radical (unpaired) electrons. The number of hydrogen-bond acceptors (Lipinski definition) is 7. The van der Waals surface area contributed by atoms with Gasteiger partial charge in [-0.3, -0.25) is 14.4 Å². The number of aliphatic carboxylic acids is 1. The van der Waals surface area contributed by atoms with Crippen molar-refractivity contribution < 1.29 is 34.5 Å². The van der Waals surface area contributed by atoms with Gasteiger partial charge in [0, 0.05) is 12.8 Å². The second-order valence-corrected chi connectivity index (χ2v) is 9.18. The van der Waals surface area contributed by atoms with E-state index in [1.54, 1.807) is 49.4 Å². The largest absolute Gasteiger partial charge is 0.508 e. The minimum absolute atomic E-state index is 0.0105. The number of hydrogen-bond donors (Lipinski definition) is 7. The molecule has 0 spiro atoms. The van der Waals surface area contributed by atoms with Gasteiger partial charge in [0.2, 0.25) is 17.7 Å². The van der Waals surface area contributed by atoms with Gasteiger partial charge in [-0.2, -0.15) is 0 Å². The molecule has 0 saturated heterocycles. The van der Waals surface area contributed by atoms with E-state index in [1.165, 1.54) is 12.1 Å². The summed E-state index contributed by atoms with van der Waals surface area (Å²) in [5.41, 5.74) is 6.93. The van der Waals surface area contributed by atoms with Crippen molar-refractivity contribution in [2.24, 2.45) is 11.7 Å². The van der Waals surface area contributed by atoms with Crippen molar-refractivity contribution in [3.8, 4) is 5.75 Å². The Kier molecular flexibility index (Phi) is 11.7. The van der Waals surface area contributed by atoms with Gasteiger partial charge in [-0.15, -0.1) is 0 Å². The molecule has 206 valence electrons. The lowest BCUT2D eigenvalue weighted by atomic mass is 9.96. The summed E-state index contributed by atoms with van der Waals surface area (Å²) < 4.78 is 0. The summed E-state index contributed by atoms with van der Waals surface area (Å²) in [5, 5.41) is 36.1. The van der Waals surface area contributed by atoms with E-state index in [0.717, 1.165) is 5.56 Å². The number of carbonyl (C=O) groups is 4. The quantitative estimate of drug-likeness (QED) is 0.179. The molecule has 0 bridgehead atoms. The Balaban J connectivity index is 2.23. The maximum atomic E-state index is 13.3. The van der Waals surface area contributed by atoms with Gasteiger partial charge in [0.15, 0.2) is 0 Å². The van der Waals surface area contributed by atoms with Gasteiger partial charge >= 0.3 is 5.97 Å². The van der Waals surface area contributed by atoms with E-state index in [-0.39, 0.29) is 24.5 Å². The normalized spacial score (nSPS) is 14.8. The predicted octanol–water partition coefficient (Wildman–Crippen LogP) is 0.0821. The first kappa shape index (κ1) is 30.3. The Hall–Kier alpha value is -3.96. The van der Waals surface area contributed by atoms with Gasteiger partial charge < -0.3 is 37.0 Å². The topological polar surface area (TPSA) is 191 Å². The van der Waals surface area contributed by atoms with E-state index in [9.17, 15) is 34.5 Å². The van der Waals surface area contributed by atoms with Crippen molar-refractivity contribution >= 4 is 23.7 Å². The third kappa shape index (κ3) is 9.16. The van der Waals surface area contributed by atoms with Gasteiger partial charge in [-0.1, -0.05) is 62.7 Å². The molecule has 0 heterocycles. The fourth-order valence-electron chi connectivity index (χ4n) is 3.71. The van der Waals surface area contributed by atoms with Crippen LogP contribution < -0.4 is 21.7 Å². The first-order valence-corrected chi connectivity index (χ1v) is 12.4. The van der Waals surface area contributed by atoms with Crippen molar-refractivity contribution in [2.45, 2.75) is 57.3 Å². The molecule has 2 rings (SSSR count). The molecule has 0 aliphatic rings. The minimum Gasteiger partial charge on any atom is -0.508 e. The molecule has 0 aliphatic carbocycles. The van der Waals surface area contributed by atoms with E-state index in [4.69, 9.17) is 5.73 Å². The number of phenols is 1. The molecule has 38 heavy (non-hydrogen) atoms. The summed E-state index contributed by atoms with van der Waals surface area (Å²) in [4.78, 5) is 50.8. The molecule has 5 unspecified atom stereocenters. The molecule has 0 aromatic heterocycles. The summed E-state index contributed by atoms with van der Waals surface area (Å²) in [7, 11) is 0. The monoisotopic (exact) mass is 528 g/mol. The number of nitrogens with one attached hydrogen (secondary N) is 3. The molecule has 2 aromatic carbocycles. The summed E-state index contributed by atoms with van der Waals surface area (Å²) in [6.45, 7) is 2.94. The Labute approximate surface area is 221 Å². The van der Waals surface area contributed by atoms with E-state index in [2.05, 4.69) is 16.0 Å². The number of carbonyl (C=O) groups excluding carboxylic acids is 3. The fraction of sp³-hybridized carbons (Fsp3) is 0.407. The lowest BCUT2D eigenvalue weighted by Gasteiger charge is -2.28. The van der Waals surface area contributed by atoms with Crippen LogP contribution in [0.1, 0.15) is 31.4 Å². The molecule has 2 aromatic rings. The zero-order valence-corrected chi connectivity index (χ0v) is 21.5. The maximum absolute atomic E-state index is 13.3. The smallest absolute Gasteiger partial charge is 0.326 e. The second-order valence-electron chi connectivity index (χ2n) is 9.18. The molecule has 0 fully saturated rings. The van der Waals surface area contributed by atoms with Crippen LogP contribution in [0.3, 0.4) is 0 Å². The Morgan fingerprint density at radius 2 is 1.37 bits per heavy atom. The Morgan fingerprint density at radius 1 is 0.816 bits per heavy atom. The highest BCUT2D eigenvalue weighted by Gasteiger charge is 2.33. The number of rotatable bonds is 14. The molecule has 11 heteroatoms. The third-order valence-electron chi connectivity index (χ3n) is 6.23. The number of aromatic hydroxyl groups is 1. The second kappa shape index (κ2) is 14.7. The van der Waals surface area contributed by atoms with Gasteiger partial charge in [-0.25, -0.2) is 4.79 Å². The summed E-state index contributed by atoms with van der Waals surface area (Å²) >= 11 is 0. The lowest BCUT2D eigenvalue weighted by molar-refractivity contribution is -0.142. The fourth-order valence-corrected chi connectivity index (χ4v) is 3.71. The van der Waals surface area contributed by atoms with Crippen molar-refractivity contribution in [1.82, 2.24) is 16.0 Å². The minimum atomic E-state index is -1.26. The molecule has 11 nitrogen and oxygen atoms in total. The number of carboxylic acids is 1. The van der Waals surface area contributed by atoms with Crippen LogP contribution in [0.25, 0.3) is 0 Å². The molecule has 3 amide bonds. The van der Waals surface area contributed by atoms with E-state index in [1.807, 2.05) is 6.92 Å². The van der Waals surface area contributed by atoms with Crippen LogP contribution >= 0.6 is 0 Å². The van der Waals surface area contributed by atoms with E-state index in [0.29, 0.717) is 12.0 Å². The molecule has 8 N–H and O–H groups in total. The predicted molar refractivity (Wildman–Crippen MR) is 140 cm³/mol. The van der Waals surface area contributed by atoms with Crippen LogP contribution in [0.5, 0.6) is 5.75 Å². The summed E-state index contributed by atoms with van der Waals surface area (Å²) in [5.74, 6) is -3.67. The number of aliphatic hydroxyl groups excluding tert-OH is 1.